The summed E-state index contributed by atoms with van der Waals surface area (Å²) in [7, 11) is 0. The zero-order chi connectivity index (χ0) is 37.5. The maximum absolute atomic E-state index is 5.22. The van der Waals surface area contributed by atoms with Crippen LogP contribution in [0.4, 0.5) is 0 Å². The number of benzene rings is 8. The van der Waals surface area contributed by atoms with Gasteiger partial charge in [0.25, 0.3) is 0 Å². The van der Waals surface area contributed by atoms with Crippen molar-refractivity contribution in [2.45, 2.75) is 21.6 Å². The van der Waals surface area contributed by atoms with Crippen molar-refractivity contribution in [3.63, 3.8) is 0 Å². The molecule has 0 N–H and O–H groups in total. The third kappa shape index (κ3) is 4.92. The number of nitrogens with zero attached hydrogens (tertiary/aromatic N) is 2. The first kappa shape index (κ1) is 32.4. The molecule has 57 heavy (non-hydrogen) atoms. The molecule has 0 bridgehead atoms. The molecule has 2 nitrogen and oxygen atoms in total. The molecule has 3 heteroatoms. The largest absolute Gasteiger partial charge is 0.228 e. The van der Waals surface area contributed by atoms with Gasteiger partial charge in [0.05, 0.1) is 16.8 Å². The Hall–Kier alpha value is -6.81. The van der Waals surface area contributed by atoms with Gasteiger partial charge in [-0.1, -0.05) is 170 Å². The van der Waals surface area contributed by atoms with Gasteiger partial charge >= 0.3 is 0 Å². The van der Waals surface area contributed by atoms with Crippen molar-refractivity contribution in [2.24, 2.45) is 0 Å². The Morgan fingerprint density at radius 3 is 1.91 bits per heavy atom. The lowest BCUT2D eigenvalue weighted by Gasteiger charge is -2.39. The van der Waals surface area contributed by atoms with Gasteiger partial charge in [-0.15, -0.1) is 0 Å². The van der Waals surface area contributed by atoms with Crippen LogP contribution in [-0.4, -0.2) is 9.97 Å². The van der Waals surface area contributed by atoms with Crippen molar-refractivity contribution in [2.75, 3.05) is 0 Å². The Morgan fingerprint density at radius 2 is 1.09 bits per heavy atom. The SMILES string of the molecule is C1=Cc2cc(-c3cc(-c4cccc(-c5ccc6c(c5)Sc5ccccc5C65c6ccccc6-c6ccccc65)c4)nc(-c4ccccc4)n3)cc3cccc(c23)C1. The van der Waals surface area contributed by atoms with E-state index in [1.165, 1.54) is 70.6 Å². The van der Waals surface area contributed by atoms with E-state index in [1.807, 2.05) is 17.8 Å². The second-order valence-electron chi connectivity index (χ2n) is 15.2. The number of allylic oxidation sites excluding steroid dienone is 1. The molecule has 0 atom stereocenters. The minimum Gasteiger partial charge on any atom is -0.228 e. The Labute approximate surface area is 336 Å². The number of hydrogen-bond donors (Lipinski definition) is 0. The van der Waals surface area contributed by atoms with E-state index in [4.69, 9.17) is 9.97 Å². The summed E-state index contributed by atoms with van der Waals surface area (Å²) in [6.07, 6.45) is 5.48. The first-order chi connectivity index (χ1) is 28.2. The Kier molecular flexibility index (Phi) is 7.17. The molecule has 8 aromatic carbocycles. The van der Waals surface area contributed by atoms with Crippen LogP contribution in [0.5, 0.6) is 0 Å². The fraction of sp³-hybridized carbons (Fsp3) is 0.0370. The second-order valence-corrected chi connectivity index (χ2v) is 16.3. The summed E-state index contributed by atoms with van der Waals surface area (Å²) in [6.45, 7) is 0. The van der Waals surface area contributed by atoms with Gasteiger partial charge in [-0.2, -0.15) is 0 Å². The zero-order valence-corrected chi connectivity index (χ0v) is 31.8. The van der Waals surface area contributed by atoms with Crippen molar-refractivity contribution in [1.82, 2.24) is 9.97 Å². The predicted octanol–water partition coefficient (Wildman–Crippen LogP) is 13.7. The van der Waals surface area contributed by atoms with Crippen LogP contribution in [0.15, 0.2) is 198 Å². The van der Waals surface area contributed by atoms with E-state index in [1.54, 1.807) is 0 Å². The molecule has 1 aromatic heterocycles. The van der Waals surface area contributed by atoms with Gasteiger partial charge in [-0.05, 0) is 109 Å². The molecule has 1 aliphatic heterocycles. The molecule has 0 saturated heterocycles. The monoisotopic (exact) mass is 742 g/mol. The fourth-order valence-electron chi connectivity index (χ4n) is 9.66. The molecule has 9 aromatic rings. The summed E-state index contributed by atoms with van der Waals surface area (Å²) in [5.74, 6) is 0.720. The highest BCUT2D eigenvalue weighted by Crippen LogP contribution is 2.62. The average molecular weight is 743 g/mol. The van der Waals surface area contributed by atoms with E-state index in [-0.39, 0.29) is 5.41 Å². The number of rotatable bonds is 4. The molecule has 0 saturated carbocycles. The minimum atomic E-state index is -0.380. The van der Waals surface area contributed by atoms with Gasteiger partial charge < -0.3 is 0 Å². The van der Waals surface area contributed by atoms with Crippen molar-refractivity contribution < 1.29 is 0 Å². The summed E-state index contributed by atoms with van der Waals surface area (Å²) >= 11 is 1.88. The first-order valence-electron chi connectivity index (χ1n) is 19.6. The normalized spacial score (nSPS) is 13.9. The van der Waals surface area contributed by atoms with E-state index >= 15 is 0 Å². The van der Waals surface area contributed by atoms with Crippen LogP contribution >= 0.6 is 11.8 Å². The second kappa shape index (κ2) is 12.6. The molecule has 0 radical (unpaired) electrons. The molecule has 0 fully saturated rings. The highest BCUT2D eigenvalue weighted by Gasteiger charge is 2.50. The quantitative estimate of drug-likeness (QED) is 0.180. The summed E-state index contributed by atoms with van der Waals surface area (Å²) in [4.78, 5) is 13.0. The van der Waals surface area contributed by atoms with Gasteiger partial charge in [-0.25, -0.2) is 9.97 Å². The van der Waals surface area contributed by atoms with E-state index in [0.717, 1.165) is 45.9 Å². The molecule has 12 rings (SSSR count). The molecule has 266 valence electrons. The van der Waals surface area contributed by atoms with Gasteiger partial charge in [-0.3, -0.25) is 0 Å². The summed E-state index contributed by atoms with van der Waals surface area (Å²) in [5.41, 5.74) is 17.6. The van der Waals surface area contributed by atoms with Crippen LogP contribution in [0.25, 0.3) is 73.0 Å². The smallest absolute Gasteiger partial charge is 0.160 e. The lowest BCUT2D eigenvalue weighted by molar-refractivity contribution is 0.722. The van der Waals surface area contributed by atoms with E-state index in [0.29, 0.717) is 0 Å². The van der Waals surface area contributed by atoms with E-state index < -0.39 is 0 Å². The van der Waals surface area contributed by atoms with Gasteiger partial charge in [0.2, 0.25) is 0 Å². The average Bonchev–Trinajstić information content (AvgIpc) is 3.57. The third-order valence-corrected chi connectivity index (χ3v) is 13.3. The van der Waals surface area contributed by atoms with Crippen molar-refractivity contribution in [1.29, 1.82) is 0 Å². The summed E-state index contributed by atoms with van der Waals surface area (Å²) < 4.78 is 0. The fourth-order valence-corrected chi connectivity index (χ4v) is 10.9. The Bertz CT molecular complexity index is 3100. The van der Waals surface area contributed by atoms with Gasteiger partial charge in [0, 0.05) is 26.5 Å². The van der Waals surface area contributed by atoms with E-state index in [9.17, 15) is 0 Å². The lowest BCUT2D eigenvalue weighted by atomic mass is 9.67. The number of aromatic nitrogens is 2. The lowest BCUT2D eigenvalue weighted by Crippen LogP contribution is -2.31. The van der Waals surface area contributed by atoms with Crippen LogP contribution in [0, 0.1) is 0 Å². The molecule has 2 heterocycles. The zero-order valence-electron chi connectivity index (χ0n) is 31.0. The summed E-state index contributed by atoms with van der Waals surface area (Å²) in [6, 6.07) is 66.6. The topological polar surface area (TPSA) is 25.8 Å². The number of fused-ring (bicyclic) bond motifs is 9. The molecular formula is C54H34N2S. The maximum Gasteiger partial charge on any atom is 0.160 e. The van der Waals surface area contributed by atoms with Gasteiger partial charge in [0.1, 0.15) is 0 Å². The standard InChI is InChI=1S/C54H34N2S/c1-2-13-35(14-3-1)53-55-48(33-49(56-53)41-30-39-19-10-15-34-16-11-20-40(31-41)52(34)39)38-18-12-17-36(29-38)37-27-28-47-51(32-37)57-50-26-9-8-25-46(50)54(47)44-23-6-4-21-42(44)43-22-5-7-24-45(43)54/h1-15,17-33H,16H2. The first-order valence-corrected chi connectivity index (χ1v) is 20.4. The van der Waals surface area contributed by atoms with Crippen LogP contribution in [0.3, 0.4) is 0 Å². The predicted molar refractivity (Wildman–Crippen MR) is 235 cm³/mol. The molecular weight excluding hydrogens is 709 g/mol. The third-order valence-electron chi connectivity index (χ3n) is 12.1. The molecule has 0 amide bonds. The van der Waals surface area contributed by atoms with Crippen molar-refractivity contribution >= 4 is 28.6 Å². The minimum absolute atomic E-state index is 0.380. The Balaban J connectivity index is 1.00. The molecule has 0 unspecified atom stereocenters. The molecule has 3 aliphatic rings. The molecule has 1 spiro atoms. The highest BCUT2D eigenvalue weighted by molar-refractivity contribution is 7.99. The number of hydrogen-bond acceptors (Lipinski definition) is 3. The highest BCUT2D eigenvalue weighted by atomic mass is 32.2. The van der Waals surface area contributed by atoms with Crippen LogP contribution in [0.1, 0.15) is 33.4 Å². The maximum atomic E-state index is 5.22. The van der Waals surface area contributed by atoms with Crippen molar-refractivity contribution in [3.8, 4) is 56.2 Å². The van der Waals surface area contributed by atoms with Crippen LogP contribution < -0.4 is 0 Å². The van der Waals surface area contributed by atoms with Gasteiger partial charge in [0.15, 0.2) is 5.82 Å². The van der Waals surface area contributed by atoms with Crippen molar-refractivity contribution in [3.05, 3.63) is 221 Å². The van der Waals surface area contributed by atoms with E-state index in [2.05, 4.69) is 188 Å². The van der Waals surface area contributed by atoms with Crippen LogP contribution in [-0.2, 0) is 11.8 Å². The summed E-state index contributed by atoms with van der Waals surface area (Å²) in [5, 5.41) is 2.58. The molecule has 2 aliphatic carbocycles. The Morgan fingerprint density at radius 1 is 0.439 bits per heavy atom. The van der Waals surface area contributed by atoms with Crippen LogP contribution in [0.2, 0.25) is 0 Å².